The number of nitrogens with zero attached hydrogens (tertiary/aromatic N) is 1. The van der Waals surface area contributed by atoms with Crippen LogP contribution in [0.4, 0.5) is 0 Å². The molecule has 2 aliphatic carbocycles. The van der Waals surface area contributed by atoms with Crippen molar-refractivity contribution in [2.24, 2.45) is 17.8 Å². The van der Waals surface area contributed by atoms with Crippen LogP contribution in [0.5, 0.6) is 0 Å². The van der Waals surface area contributed by atoms with Gasteiger partial charge in [0, 0.05) is 0 Å². The van der Waals surface area contributed by atoms with E-state index in [-0.39, 0.29) is 5.92 Å². The Labute approximate surface area is 67.7 Å². The molecule has 0 spiro atoms. The van der Waals surface area contributed by atoms with Gasteiger partial charge < -0.3 is 0 Å². The third kappa shape index (κ3) is 0.822. The minimum absolute atomic E-state index is 0.277. The van der Waals surface area contributed by atoms with E-state index in [2.05, 4.69) is 19.1 Å². The minimum atomic E-state index is 0.277. The van der Waals surface area contributed by atoms with Crippen molar-refractivity contribution in [3.8, 4) is 6.07 Å². The smallest absolute Gasteiger partial charge is 0.0703 e. The minimum Gasteiger partial charge on any atom is -0.198 e. The van der Waals surface area contributed by atoms with E-state index in [1.807, 2.05) is 0 Å². The lowest BCUT2D eigenvalue weighted by molar-refractivity contribution is 0.479. The van der Waals surface area contributed by atoms with Gasteiger partial charge in [0.15, 0.2) is 0 Å². The predicted octanol–water partition coefficient (Wildman–Crippen LogP) is 2.50. The highest BCUT2D eigenvalue weighted by atomic mass is 14.5. The molecule has 0 aromatic heterocycles. The van der Waals surface area contributed by atoms with Gasteiger partial charge >= 0.3 is 0 Å². The summed E-state index contributed by atoms with van der Waals surface area (Å²) < 4.78 is 0. The summed E-state index contributed by atoms with van der Waals surface area (Å²) in [6.45, 7) is 2.07. The number of fused-ring (bicyclic) bond motifs is 2. The summed E-state index contributed by atoms with van der Waals surface area (Å²) in [5.74, 6) is 1.75. The molecular weight excluding hydrogens is 134 g/mol. The lowest BCUT2D eigenvalue weighted by Gasteiger charge is -2.17. The van der Waals surface area contributed by atoms with Crippen molar-refractivity contribution in [2.45, 2.75) is 26.2 Å². The second kappa shape index (κ2) is 2.37. The highest BCUT2D eigenvalue weighted by molar-refractivity contribution is 5.26. The molecule has 2 bridgehead atoms. The number of hydrogen-bond donors (Lipinski definition) is 0. The summed E-state index contributed by atoms with van der Waals surface area (Å²) in [4.78, 5) is 0. The summed E-state index contributed by atoms with van der Waals surface area (Å²) in [7, 11) is 0. The van der Waals surface area contributed by atoms with Gasteiger partial charge in [-0.1, -0.05) is 11.6 Å². The van der Waals surface area contributed by atoms with Crippen molar-refractivity contribution >= 4 is 0 Å². The van der Waals surface area contributed by atoms with E-state index in [0.29, 0.717) is 5.92 Å². The van der Waals surface area contributed by atoms with Gasteiger partial charge in [-0.05, 0) is 38.0 Å². The largest absolute Gasteiger partial charge is 0.198 e. The first-order valence-corrected chi connectivity index (χ1v) is 4.42. The van der Waals surface area contributed by atoms with Gasteiger partial charge in [0.05, 0.1) is 12.0 Å². The SMILES string of the molecule is CC=C1C2CCC(C2)C1C#N. The molecule has 3 unspecified atom stereocenters. The fourth-order valence-electron chi connectivity index (χ4n) is 2.74. The van der Waals surface area contributed by atoms with Crippen molar-refractivity contribution in [3.63, 3.8) is 0 Å². The number of hydrogen-bond acceptors (Lipinski definition) is 1. The molecule has 3 atom stereocenters. The quantitative estimate of drug-likeness (QED) is 0.483. The predicted molar refractivity (Wildman–Crippen MR) is 43.7 cm³/mol. The average molecular weight is 147 g/mol. The van der Waals surface area contributed by atoms with Crippen LogP contribution in [0.1, 0.15) is 26.2 Å². The third-order valence-corrected chi connectivity index (χ3v) is 3.25. The van der Waals surface area contributed by atoms with Crippen LogP contribution in [0.3, 0.4) is 0 Å². The first-order valence-electron chi connectivity index (χ1n) is 4.42. The highest BCUT2D eigenvalue weighted by Crippen LogP contribution is 2.51. The standard InChI is InChI=1S/C10H13N/c1-2-9-7-3-4-8(5-7)10(9)6-11/h2,7-8,10H,3-5H2,1H3. The van der Waals surface area contributed by atoms with E-state index in [1.165, 1.54) is 24.8 Å². The topological polar surface area (TPSA) is 23.8 Å². The average Bonchev–Trinajstić information content (AvgIpc) is 2.60. The van der Waals surface area contributed by atoms with E-state index in [9.17, 15) is 0 Å². The third-order valence-electron chi connectivity index (χ3n) is 3.25. The summed E-state index contributed by atoms with van der Waals surface area (Å²) >= 11 is 0. The Morgan fingerprint density at radius 2 is 2.36 bits per heavy atom. The van der Waals surface area contributed by atoms with Crippen LogP contribution < -0.4 is 0 Å². The summed E-state index contributed by atoms with van der Waals surface area (Å²) in [5, 5.41) is 8.90. The molecule has 2 fully saturated rings. The zero-order valence-corrected chi connectivity index (χ0v) is 6.88. The summed E-state index contributed by atoms with van der Waals surface area (Å²) in [6.07, 6.45) is 6.08. The molecule has 0 saturated heterocycles. The molecule has 0 amide bonds. The van der Waals surface area contributed by atoms with E-state index in [1.54, 1.807) is 0 Å². The summed E-state index contributed by atoms with van der Waals surface area (Å²) in [6, 6.07) is 2.43. The van der Waals surface area contributed by atoms with Gasteiger partial charge in [-0.15, -0.1) is 0 Å². The Bertz CT molecular complexity index is 234. The molecule has 0 radical (unpaired) electrons. The molecule has 11 heavy (non-hydrogen) atoms. The van der Waals surface area contributed by atoms with Crippen LogP contribution in [-0.2, 0) is 0 Å². The monoisotopic (exact) mass is 147 g/mol. The lowest BCUT2D eigenvalue weighted by Crippen LogP contribution is -2.10. The first kappa shape index (κ1) is 6.91. The molecule has 2 rings (SSSR count). The molecule has 0 aromatic carbocycles. The fraction of sp³-hybridized carbons (Fsp3) is 0.700. The normalized spacial score (nSPS) is 44.7. The van der Waals surface area contributed by atoms with Crippen LogP contribution in [0.25, 0.3) is 0 Å². The molecule has 1 heteroatoms. The maximum Gasteiger partial charge on any atom is 0.0703 e. The van der Waals surface area contributed by atoms with E-state index >= 15 is 0 Å². The molecule has 0 heterocycles. The Morgan fingerprint density at radius 1 is 1.55 bits per heavy atom. The Kier molecular flexibility index (Phi) is 1.49. The van der Waals surface area contributed by atoms with Gasteiger partial charge in [-0.2, -0.15) is 5.26 Å². The molecule has 2 saturated carbocycles. The number of rotatable bonds is 0. The van der Waals surface area contributed by atoms with Crippen molar-refractivity contribution in [1.29, 1.82) is 5.26 Å². The molecule has 0 N–H and O–H groups in total. The second-order valence-corrected chi connectivity index (χ2v) is 3.67. The van der Waals surface area contributed by atoms with Crippen molar-refractivity contribution < 1.29 is 0 Å². The van der Waals surface area contributed by atoms with Gasteiger partial charge in [-0.25, -0.2) is 0 Å². The maximum atomic E-state index is 8.90. The van der Waals surface area contributed by atoms with Gasteiger partial charge in [0.1, 0.15) is 0 Å². The fourth-order valence-corrected chi connectivity index (χ4v) is 2.74. The van der Waals surface area contributed by atoms with Crippen LogP contribution in [0, 0.1) is 29.1 Å². The van der Waals surface area contributed by atoms with Crippen molar-refractivity contribution in [3.05, 3.63) is 11.6 Å². The van der Waals surface area contributed by atoms with E-state index < -0.39 is 0 Å². The lowest BCUT2D eigenvalue weighted by atomic mass is 9.85. The zero-order valence-electron chi connectivity index (χ0n) is 6.88. The van der Waals surface area contributed by atoms with Crippen molar-refractivity contribution in [1.82, 2.24) is 0 Å². The number of nitriles is 1. The zero-order chi connectivity index (χ0) is 7.84. The van der Waals surface area contributed by atoms with E-state index in [4.69, 9.17) is 5.26 Å². The van der Waals surface area contributed by atoms with Crippen LogP contribution in [-0.4, -0.2) is 0 Å². The molecule has 2 aliphatic rings. The van der Waals surface area contributed by atoms with E-state index in [0.717, 1.165) is 5.92 Å². The molecule has 1 nitrogen and oxygen atoms in total. The number of allylic oxidation sites excluding steroid dienone is 2. The van der Waals surface area contributed by atoms with Crippen molar-refractivity contribution in [2.75, 3.05) is 0 Å². The van der Waals surface area contributed by atoms with Crippen LogP contribution >= 0.6 is 0 Å². The highest BCUT2D eigenvalue weighted by Gasteiger charge is 2.43. The maximum absolute atomic E-state index is 8.90. The molecule has 0 aromatic rings. The van der Waals surface area contributed by atoms with Gasteiger partial charge in [0.2, 0.25) is 0 Å². The van der Waals surface area contributed by atoms with Gasteiger partial charge in [0.25, 0.3) is 0 Å². The summed E-state index contributed by atoms with van der Waals surface area (Å²) in [5.41, 5.74) is 1.43. The molecular formula is C10H13N. The Balaban J connectivity index is 2.29. The van der Waals surface area contributed by atoms with Crippen LogP contribution in [0.15, 0.2) is 11.6 Å². The molecule has 58 valence electrons. The second-order valence-electron chi connectivity index (χ2n) is 3.67. The first-order chi connectivity index (χ1) is 5.36. The Morgan fingerprint density at radius 3 is 2.91 bits per heavy atom. The van der Waals surface area contributed by atoms with Crippen LogP contribution in [0.2, 0.25) is 0 Å². The Hall–Kier alpha value is -0.770. The van der Waals surface area contributed by atoms with Gasteiger partial charge in [-0.3, -0.25) is 0 Å². The molecule has 0 aliphatic heterocycles.